The first kappa shape index (κ1) is 30.4. The van der Waals surface area contributed by atoms with Crippen molar-refractivity contribution in [2.45, 2.75) is 116 Å². The van der Waals surface area contributed by atoms with Crippen LogP contribution in [0.25, 0.3) is 0 Å². The molecule has 0 amide bonds. The van der Waals surface area contributed by atoms with E-state index in [0.717, 1.165) is 19.4 Å². The van der Waals surface area contributed by atoms with Crippen molar-refractivity contribution in [2.24, 2.45) is 0 Å². The van der Waals surface area contributed by atoms with Crippen LogP contribution in [0.3, 0.4) is 0 Å². The van der Waals surface area contributed by atoms with Gasteiger partial charge < -0.3 is 24.6 Å². The summed E-state index contributed by atoms with van der Waals surface area (Å²) in [6, 6.07) is 0. The van der Waals surface area contributed by atoms with Crippen LogP contribution >= 0.6 is 0 Å². The van der Waals surface area contributed by atoms with Crippen molar-refractivity contribution in [2.75, 3.05) is 26.2 Å². The molecule has 0 saturated heterocycles. The van der Waals surface area contributed by atoms with Gasteiger partial charge in [-0.05, 0) is 19.3 Å². The lowest BCUT2D eigenvalue weighted by Crippen LogP contribution is -2.51. The number of hydrogen-bond donors (Lipinski definition) is 2. The molecule has 0 atom stereocenters. The monoisotopic (exact) mass is 457 g/mol. The van der Waals surface area contributed by atoms with E-state index in [4.69, 9.17) is 10.2 Å². The minimum Gasteiger partial charge on any atom is -0.550 e. The largest absolute Gasteiger partial charge is 0.550 e. The van der Waals surface area contributed by atoms with Crippen molar-refractivity contribution in [3.63, 3.8) is 0 Å². The number of carboxylic acid groups (broad SMARTS) is 3. The van der Waals surface area contributed by atoms with E-state index in [9.17, 15) is 19.5 Å². The first-order valence-electron chi connectivity index (χ1n) is 12.8. The van der Waals surface area contributed by atoms with E-state index < -0.39 is 17.9 Å². The maximum absolute atomic E-state index is 11.0. The number of carbonyl (C=O) groups is 3. The summed E-state index contributed by atoms with van der Waals surface area (Å²) in [5, 5.41) is 28.9. The second kappa shape index (κ2) is 20.0. The van der Waals surface area contributed by atoms with Gasteiger partial charge >= 0.3 is 11.9 Å². The lowest BCUT2D eigenvalue weighted by molar-refractivity contribution is -0.929. The molecule has 32 heavy (non-hydrogen) atoms. The Balaban J connectivity index is 4.53. The van der Waals surface area contributed by atoms with E-state index in [2.05, 4.69) is 6.92 Å². The number of rotatable bonds is 24. The second-order valence-electron chi connectivity index (χ2n) is 9.24. The highest BCUT2D eigenvalue weighted by molar-refractivity contribution is 5.66. The van der Waals surface area contributed by atoms with Crippen molar-refractivity contribution >= 4 is 17.9 Å². The van der Waals surface area contributed by atoms with Gasteiger partial charge in [-0.3, -0.25) is 9.59 Å². The number of aliphatic carboxylic acids is 3. The summed E-state index contributed by atoms with van der Waals surface area (Å²) in [7, 11) is 0. The zero-order chi connectivity index (χ0) is 24.1. The lowest BCUT2D eigenvalue weighted by Gasteiger charge is -2.39. The maximum atomic E-state index is 11.0. The normalized spacial score (nSPS) is 11.5. The summed E-state index contributed by atoms with van der Waals surface area (Å²) in [5.41, 5.74) is 0. The van der Waals surface area contributed by atoms with Crippen molar-refractivity contribution < 1.29 is 34.2 Å². The van der Waals surface area contributed by atoms with E-state index >= 15 is 0 Å². The number of hydrogen-bond acceptors (Lipinski definition) is 4. The third-order valence-electron chi connectivity index (χ3n) is 6.30. The Kier molecular flexibility index (Phi) is 19.0. The Morgan fingerprint density at radius 2 is 0.906 bits per heavy atom. The van der Waals surface area contributed by atoms with Gasteiger partial charge in [0.1, 0.15) is 0 Å². The van der Waals surface area contributed by atoms with Crippen LogP contribution in [0.1, 0.15) is 116 Å². The smallest absolute Gasteiger partial charge is 0.303 e. The molecule has 0 aliphatic heterocycles. The number of unbranched alkanes of at least 4 members (excludes halogenated alkanes) is 10. The summed E-state index contributed by atoms with van der Waals surface area (Å²) in [5.74, 6) is -2.75. The summed E-state index contributed by atoms with van der Waals surface area (Å²) in [6.07, 6.45) is 15.4. The zero-order valence-corrected chi connectivity index (χ0v) is 20.3. The third-order valence-corrected chi connectivity index (χ3v) is 6.30. The van der Waals surface area contributed by atoms with Crippen molar-refractivity contribution in [3.05, 3.63) is 0 Å². The molecule has 0 bridgehead atoms. The van der Waals surface area contributed by atoms with Gasteiger partial charge in [0.15, 0.2) is 0 Å². The number of nitrogens with zero attached hydrogens (tertiary/aromatic N) is 1. The van der Waals surface area contributed by atoms with Crippen LogP contribution in [0, 0.1) is 0 Å². The van der Waals surface area contributed by atoms with Gasteiger partial charge in [-0.1, -0.05) is 64.7 Å². The Morgan fingerprint density at radius 3 is 1.28 bits per heavy atom. The molecule has 0 saturated carbocycles. The van der Waals surface area contributed by atoms with Crippen LogP contribution in [-0.4, -0.2) is 58.8 Å². The molecular formula is C25H47NO6. The van der Waals surface area contributed by atoms with Gasteiger partial charge in [0.2, 0.25) is 0 Å². The Hall–Kier alpha value is -1.63. The Morgan fingerprint density at radius 1 is 0.562 bits per heavy atom. The molecule has 0 radical (unpaired) electrons. The van der Waals surface area contributed by atoms with Crippen LogP contribution in [0.5, 0.6) is 0 Å². The average Bonchev–Trinajstić information content (AvgIpc) is 2.71. The highest BCUT2D eigenvalue weighted by atomic mass is 16.4. The van der Waals surface area contributed by atoms with E-state index in [-0.39, 0.29) is 19.3 Å². The molecule has 0 unspecified atom stereocenters. The molecule has 0 aromatic carbocycles. The first-order valence-corrected chi connectivity index (χ1v) is 12.8. The van der Waals surface area contributed by atoms with Gasteiger partial charge in [-0.2, -0.15) is 0 Å². The minimum absolute atomic E-state index is 0.0177. The summed E-state index contributed by atoms with van der Waals surface area (Å²) in [4.78, 5) is 32.8. The summed E-state index contributed by atoms with van der Waals surface area (Å²) < 4.78 is 0.616. The molecule has 7 nitrogen and oxygen atoms in total. The van der Waals surface area contributed by atoms with Crippen molar-refractivity contribution in [1.29, 1.82) is 0 Å². The van der Waals surface area contributed by atoms with Gasteiger partial charge in [0.25, 0.3) is 0 Å². The molecule has 0 aromatic rings. The molecule has 0 rings (SSSR count). The Bertz CT molecular complexity index is 458. The van der Waals surface area contributed by atoms with Gasteiger partial charge in [-0.25, -0.2) is 0 Å². The molecule has 2 N–H and O–H groups in total. The summed E-state index contributed by atoms with van der Waals surface area (Å²) >= 11 is 0. The maximum Gasteiger partial charge on any atom is 0.303 e. The molecule has 7 heteroatoms. The van der Waals surface area contributed by atoms with Crippen molar-refractivity contribution in [1.82, 2.24) is 0 Å². The van der Waals surface area contributed by atoms with Crippen LogP contribution in [0.4, 0.5) is 0 Å². The number of carboxylic acids is 3. The molecule has 0 spiro atoms. The van der Waals surface area contributed by atoms with Crippen molar-refractivity contribution in [3.8, 4) is 0 Å². The van der Waals surface area contributed by atoms with E-state index in [1.807, 2.05) is 0 Å². The molecule has 0 aromatic heterocycles. The molecule has 0 aliphatic rings. The topological polar surface area (TPSA) is 115 Å². The Labute approximate surface area is 194 Å². The van der Waals surface area contributed by atoms with Crippen LogP contribution in [-0.2, 0) is 14.4 Å². The van der Waals surface area contributed by atoms with E-state index in [0.29, 0.717) is 43.4 Å². The average molecular weight is 458 g/mol. The highest BCUT2D eigenvalue weighted by Crippen LogP contribution is 2.18. The molecule has 0 fully saturated rings. The zero-order valence-electron chi connectivity index (χ0n) is 20.3. The van der Waals surface area contributed by atoms with E-state index in [1.54, 1.807) is 0 Å². The minimum atomic E-state index is -1.08. The van der Waals surface area contributed by atoms with Crippen LogP contribution < -0.4 is 5.11 Å². The fraction of sp³-hybridized carbons (Fsp3) is 0.880. The van der Waals surface area contributed by atoms with Crippen LogP contribution in [0.2, 0.25) is 0 Å². The summed E-state index contributed by atoms with van der Waals surface area (Å²) in [6.45, 7) is 5.01. The van der Waals surface area contributed by atoms with Gasteiger partial charge in [0.05, 0.1) is 39.0 Å². The molecular weight excluding hydrogens is 410 g/mol. The number of quaternary nitrogens is 1. The molecule has 188 valence electrons. The second-order valence-corrected chi connectivity index (χ2v) is 9.24. The molecule has 0 heterocycles. The van der Waals surface area contributed by atoms with Gasteiger partial charge in [-0.15, -0.1) is 0 Å². The first-order chi connectivity index (χ1) is 15.3. The predicted molar refractivity (Wildman–Crippen MR) is 124 cm³/mol. The molecule has 0 aliphatic carbocycles. The predicted octanol–water partition coefficient (Wildman–Crippen LogP) is 4.37. The standard InChI is InChI=1S/C25H47NO6/c1-2-3-4-5-6-7-8-9-10-11-12-19-26(20-13-16-23(27)28,21-14-17-24(29)30)22-15-18-25(31)32/h2-22H2,1H3,(H2-,27,28,29,30,31,32). The fourth-order valence-electron chi connectivity index (χ4n) is 4.47. The lowest BCUT2D eigenvalue weighted by atomic mass is 10.0. The quantitative estimate of drug-likeness (QED) is 0.164. The van der Waals surface area contributed by atoms with Crippen LogP contribution in [0.15, 0.2) is 0 Å². The number of carbonyl (C=O) groups excluding carboxylic acids is 1. The highest BCUT2D eigenvalue weighted by Gasteiger charge is 2.26. The fourth-order valence-corrected chi connectivity index (χ4v) is 4.47. The SMILES string of the molecule is CCCCCCCCCCCCC[N+](CCCC(=O)[O-])(CCCC(=O)O)CCCC(=O)O. The third kappa shape index (κ3) is 19.1. The van der Waals surface area contributed by atoms with E-state index in [1.165, 1.54) is 57.8 Å². The van der Waals surface area contributed by atoms with Gasteiger partial charge in [0, 0.05) is 25.2 Å².